The molecule has 1 aliphatic heterocycles. The van der Waals surface area contributed by atoms with Crippen molar-refractivity contribution >= 4 is 21.6 Å². The predicted molar refractivity (Wildman–Crippen MR) is 87.4 cm³/mol. The van der Waals surface area contributed by atoms with Crippen molar-refractivity contribution in [2.45, 2.75) is 51.1 Å². The minimum Gasteiger partial charge on any atom is -0.395 e. The molecule has 1 atom stereocenters. The number of likely N-dealkylation sites (tertiary alicyclic amines) is 1. The Hall–Kier alpha value is -1.24. The SMILES string of the molecule is O=c1[nH]c(CN2CCCCC2CO)nc2sc3c(c12)CCC3. The summed E-state index contributed by atoms with van der Waals surface area (Å²) in [5, 5.41) is 10.3. The zero-order valence-electron chi connectivity index (χ0n) is 12.6. The molecule has 0 aromatic carbocycles. The van der Waals surface area contributed by atoms with E-state index in [4.69, 9.17) is 4.98 Å². The van der Waals surface area contributed by atoms with E-state index in [1.807, 2.05) is 0 Å². The molecule has 0 amide bonds. The molecule has 1 aliphatic carbocycles. The van der Waals surface area contributed by atoms with Crippen molar-refractivity contribution in [1.29, 1.82) is 0 Å². The minimum absolute atomic E-state index is 0.0111. The summed E-state index contributed by atoms with van der Waals surface area (Å²) in [6.45, 7) is 1.77. The van der Waals surface area contributed by atoms with Gasteiger partial charge in [-0.3, -0.25) is 9.69 Å². The number of hydrogen-bond acceptors (Lipinski definition) is 5. The van der Waals surface area contributed by atoms with E-state index >= 15 is 0 Å². The van der Waals surface area contributed by atoms with Gasteiger partial charge in [0.25, 0.3) is 5.56 Å². The zero-order valence-corrected chi connectivity index (χ0v) is 13.4. The summed E-state index contributed by atoms with van der Waals surface area (Å²) in [7, 11) is 0. The van der Waals surface area contributed by atoms with Crippen LogP contribution in [-0.2, 0) is 19.4 Å². The van der Waals surface area contributed by atoms with Gasteiger partial charge in [-0.2, -0.15) is 0 Å². The lowest BCUT2D eigenvalue weighted by atomic mass is 10.0. The van der Waals surface area contributed by atoms with Crippen LogP contribution in [0.4, 0.5) is 0 Å². The largest absolute Gasteiger partial charge is 0.395 e. The van der Waals surface area contributed by atoms with Gasteiger partial charge in [0.1, 0.15) is 10.7 Å². The molecular formula is C16H21N3O2S. The van der Waals surface area contributed by atoms with E-state index in [9.17, 15) is 9.90 Å². The van der Waals surface area contributed by atoms with E-state index in [0.717, 1.165) is 54.7 Å². The van der Waals surface area contributed by atoms with Crippen molar-refractivity contribution in [3.8, 4) is 0 Å². The van der Waals surface area contributed by atoms with Crippen molar-refractivity contribution in [1.82, 2.24) is 14.9 Å². The highest BCUT2D eigenvalue weighted by Gasteiger charge is 2.24. The molecule has 6 heteroatoms. The molecule has 3 heterocycles. The van der Waals surface area contributed by atoms with Crippen molar-refractivity contribution < 1.29 is 5.11 Å². The second kappa shape index (κ2) is 5.76. The van der Waals surface area contributed by atoms with E-state index in [2.05, 4.69) is 9.88 Å². The Morgan fingerprint density at radius 3 is 3.09 bits per heavy atom. The smallest absolute Gasteiger partial charge is 0.259 e. The molecule has 1 fully saturated rings. The Bertz CT molecular complexity index is 752. The Kier molecular flexibility index (Phi) is 3.76. The average Bonchev–Trinajstić information content (AvgIpc) is 3.08. The van der Waals surface area contributed by atoms with Gasteiger partial charge in [0.2, 0.25) is 0 Å². The van der Waals surface area contributed by atoms with E-state index in [1.165, 1.54) is 16.9 Å². The molecule has 1 unspecified atom stereocenters. The fraction of sp³-hybridized carbons (Fsp3) is 0.625. The molecule has 22 heavy (non-hydrogen) atoms. The normalized spacial score (nSPS) is 22.3. The number of thiophene rings is 1. The lowest BCUT2D eigenvalue weighted by molar-refractivity contribution is 0.0820. The summed E-state index contributed by atoms with van der Waals surface area (Å²) in [4.78, 5) is 24.6. The first-order chi connectivity index (χ1) is 10.8. The number of H-pyrrole nitrogens is 1. The topological polar surface area (TPSA) is 69.2 Å². The summed E-state index contributed by atoms with van der Waals surface area (Å²) in [5.41, 5.74) is 1.24. The zero-order chi connectivity index (χ0) is 15.1. The molecule has 1 saturated heterocycles. The van der Waals surface area contributed by atoms with Crippen molar-refractivity contribution in [3.05, 3.63) is 26.6 Å². The number of piperidine rings is 1. The van der Waals surface area contributed by atoms with Crippen molar-refractivity contribution in [3.63, 3.8) is 0 Å². The Morgan fingerprint density at radius 2 is 2.23 bits per heavy atom. The van der Waals surface area contributed by atoms with Gasteiger partial charge in [0.15, 0.2) is 0 Å². The van der Waals surface area contributed by atoms with Crippen LogP contribution in [0.5, 0.6) is 0 Å². The third-order valence-electron chi connectivity index (χ3n) is 4.94. The average molecular weight is 319 g/mol. The molecule has 4 rings (SSSR count). The van der Waals surface area contributed by atoms with Crippen LogP contribution in [0.15, 0.2) is 4.79 Å². The van der Waals surface area contributed by atoms with E-state index in [1.54, 1.807) is 11.3 Å². The Labute approximate surface area is 133 Å². The van der Waals surface area contributed by atoms with Gasteiger partial charge in [-0.1, -0.05) is 6.42 Å². The quantitative estimate of drug-likeness (QED) is 0.905. The number of aliphatic hydroxyl groups excluding tert-OH is 1. The highest BCUT2D eigenvalue weighted by Crippen LogP contribution is 2.34. The summed E-state index contributed by atoms with van der Waals surface area (Å²) >= 11 is 1.68. The summed E-state index contributed by atoms with van der Waals surface area (Å²) in [6, 6.07) is 0.197. The lowest BCUT2D eigenvalue weighted by Gasteiger charge is -2.33. The molecule has 0 saturated carbocycles. The maximum atomic E-state index is 12.5. The first-order valence-electron chi connectivity index (χ1n) is 8.14. The number of fused-ring (bicyclic) bond motifs is 3. The second-order valence-corrected chi connectivity index (χ2v) is 7.44. The van der Waals surface area contributed by atoms with Crippen molar-refractivity contribution in [2.24, 2.45) is 0 Å². The van der Waals surface area contributed by atoms with Crippen LogP contribution >= 0.6 is 11.3 Å². The first-order valence-corrected chi connectivity index (χ1v) is 8.96. The molecule has 2 aromatic rings. The van der Waals surface area contributed by atoms with Crippen LogP contribution in [0.3, 0.4) is 0 Å². The van der Waals surface area contributed by atoms with Gasteiger partial charge >= 0.3 is 0 Å². The first kappa shape index (κ1) is 14.4. The van der Waals surface area contributed by atoms with Crippen LogP contribution in [0.1, 0.15) is 41.9 Å². The molecule has 2 N–H and O–H groups in total. The third-order valence-corrected chi connectivity index (χ3v) is 6.12. The number of aliphatic hydroxyl groups is 1. The molecule has 0 bridgehead atoms. The van der Waals surface area contributed by atoms with Gasteiger partial charge < -0.3 is 10.1 Å². The van der Waals surface area contributed by atoms with Crippen LogP contribution < -0.4 is 5.56 Å². The van der Waals surface area contributed by atoms with Crippen molar-refractivity contribution in [2.75, 3.05) is 13.2 Å². The number of rotatable bonds is 3. The van der Waals surface area contributed by atoms with Gasteiger partial charge in [-0.05, 0) is 44.2 Å². The molecule has 2 aliphatic rings. The minimum atomic E-state index is 0.0111. The number of aromatic nitrogens is 2. The highest BCUT2D eigenvalue weighted by atomic mass is 32.1. The molecule has 2 aromatic heterocycles. The predicted octanol–water partition coefficient (Wildman–Crippen LogP) is 1.82. The summed E-state index contributed by atoms with van der Waals surface area (Å²) in [5.74, 6) is 0.734. The van der Waals surface area contributed by atoms with Gasteiger partial charge in [-0.25, -0.2) is 4.98 Å². The number of aromatic amines is 1. The van der Waals surface area contributed by atoms with Crippen LogP contribution in [0.25, 0.3) is 10.2 Å². The van der Waals surface area contributed by atoms with E-state index < -0.39 is 0 Å². The number of hydrogen-bond donors (Lipinski definition) is 2. The van der Waals surface area contributed by atoms with Crippen LogP contribution in [-0.4, -0.2) is 39.2 Å². The van der Waals surface area contributed by atoms with E-state index in [0.29, 0.717) is 6.54 Å². The Morgan fingerprint density at radius 1 is 1.32 bits per heavy atom. The fourth-order valence-corrected chi connectivity index (χ4v) is 5.07. The molecule has 0 radical (unpaired) electrons. The lowest BCUT2D eigenvalue weighted by Crippen LogP contribution is -2.41. The molecule has 5 nitrogen and oxygen atoms in total. The maximum absolute atomic E-state index is 12.5. The third kappa shape index (κ3) is 2.39. The number of aryl methyl sites for hydroxylation is 2. The maximum Gasteiger partial charge on any atom is 0.259 e. The van der Waals surface area contributed by atoms with Gasteiger partial charge in [-0.15, -0.1) is 11.3 Å². The molecular weight excluding hydrogens is 298 g/mol. The fourth-order valence-electron chi connectivity index (χ4n) is 3.79. The van der Waals surface area contributed by atoms with Crippen LogP contribution in [0, 0.1) is 0 Å². The number of nitrogens with zero attached hydrogens (tertiary/aromatic N) is 2. The van der Waals surface area contributed by atoms with Gasteiger partial charge in [0.05, 0.1) is 18.5 Å². The second-order valence-electron chi connectivity index (χ2n) is 6.35. The van der Waals surface area contributed by atoms with Gasteiger partial charge in [0, 0.05) is 10.9 Å². The monoisotopic (exact) mass is 319 g/mol. The highest BCUT2D eigenvalue weighted by molar-refractivity contribution is 7.18. The summed E-state index contributed by atoms with van der Waals surface area (Å²) in [6.07, 6.45) is 6.60. The van der Waals surface area contributed by atoms with Crippen LogP contribution in [0.2, 0.25) is 0 Å². The van der Waals surface area contributed by atoms with E-state index in [-0.39, 0.29) is 18.2 Å². The molecule has 0 spiro atoms. The molecule has 118 valence electrons. The Balaban J connectivity index is 1.66. The number of nitrogens with one attached hydrogen (secondary N) is 1. The summed E-state index contributed by atoms with van der Waals surface area (Å²) < 4.78 is 0. The standard InChI is InChI=1S/C16H21N3O2S/c20-9-10-4-1-2-7-19(10)8-13-17-15(21)14-11-5-3-6-12(11)22-16(14)18-13/h10,20H,1-9H2,(H,17,18,21).